The summed E-state index contributed by atoms with van der Waals surface area (Å²) in [5.41, 5.74) is 5.91. The fourth-order valence-electron chi connectivity index (χ4n) is 2.09. The van der Waals surface area contributed by atoms with Gasteiger partial charge in [-0.2, -0.15) is 0 Å². The van der Waals surface area contributed by atoms with E-state index in [1.165, 1.54) is 11.1 Å². The lowest BCUT2D eigenvalue weighted by Gasteiger charge is -2.11. The Balaban J connectivity index is 2.02. The summed E-state index contributed by atoms with van der Waals surface area (Å²) >= 11 is 0. The van der Waals surface area contributed by atoms with Crippen molar-refractivity contribution in [2.45, 2.75) is 40.2 Å². The molecule has 100 valence electrons. The van der Waals surface area contributed by atoms with Crippen molar-refractivity contribution in [3.8, 4) is 0 Å². The molecule has 0 saturated heterocycles. The third-order valence-electron chi connectivity index (χ3n) is 3.35. The van der Waals surface area contributed by atoms with Crippen LogP contribution in [0.2, 0.25) is 0 Å². The number of hydrogen-bond donors (Lipinski definition) is 1. The molecule has 0 amide bonds. The molecule has 0 radical (unpaired) electrons. The maximum atomic E-state index is 4.46. The second kappa shape index (κ2) is 5.87. The minimum atomic E-state index is 0.588. The summed E-state index contributed by atoms with van der Waals surface area (Å²) in [6.07, 6.45) is 0. The molecule has 2 aromatic rings. The number of aromatic nitrogens is 1. The summed E-state index contributed by atoms with van der Waals surface area (Å²) in [5, 5.41) is 3.44. The minimum Gasteiger partial charge on any atom is -0.380 e. The molecule has 0 aliphatic rings. The van der Waals surface area contributed by atoms with Crippen molar-refractivity contribution >= 4 is 5.69 Å². The normalized spacial score (nSPS) is 10.8. The van der Waals surface area contributed by atoms with Gasteiger partial charge in [0, 0.05) is 12.2 Å². The third-order valence-corrected chi connectivity index (χ3v) is 3.35. The highest BCUT2D eigenvalue weighted by Gasteiger charge is 2.01. The Labute approximate surface area is 115 Å². The fraction of sp³-hybridized carbons (Fsp3) is 0.353. The van der Waals surface area contributed by atoms with Crippen LogP contribution in [-0.2, 0) is 6.54 Å². The summed E-state index contributed by atoms with van der Waals surface area (Å²) in [5.74, 6) is 0.588. The number of rotatable bonds is 4. The average Bonchev–Trinajstić information content (AvgIpc) is 2.38. The van der Waals surface area contributed by atoms with Crippen LogP contribution in [0.1, 0.15) is 42.3 Å². The second-order valence-corrected chi connectivity index (χ2v) is 5.34. The number of nitrogens with one attached hydrogen (secondary N) is 1. The van der Waals surface area contributed by atoms with Crippen LogP contribution >= 0.6 is 0 Å². The first-order valence-corrected chi connectivity index (χ1v) is 6.83. The van der Waals surface area contributed by atoms with Crippen molar-refractivity contribution in [1.29, 1.82) is 0 Å². The molecular weight excluding hydrogens is 232 g/mol. The molecule has 0 unspecified atom stereocenters. The van der Waals surface area contributed by atoms with Crippen molar-refractivity contribution < 1.29 is 0 Å². The van der Waals surface area contributed by atoms with Crippen LogP contribution in [0.3, 0.4) is 0 Å². The van der Waals surface area contributed by atoms with E-state index in [0.29, 0.717) is 5.92 Å². The molecule has 0 aliphatic heterocycles. The summed E-state index contributed by atoms with van der Waals surface area (Å²) in [4.78, 5) is 4.46. The van der Waals surface area contributed by atoms with E-state index >= 15 is 0 Å². The lowest BCUT2D eigenvalue weighted by Crippen LogP contribution is -2.02. The zero-order valence-corrected chi connectivity index (χ0v) is 12.2. The van der Waals surface area contributed by atoms with Gasteiger partial charge in [-0.15, -0.1) is 0 Å². The van der Waals surface area contributed by atoms with Crippen LogP contribution in [0.4, 0.5) is 5.69 Å². The molecule has 2 nitrogen and oxygen atoms in total. The molecule has 0 aliphatic carbocycles. The quantitative estimate of drug-likeness (QED) is 0.872. The highest BCUT2D eigenvalue weighted by molar-refractivity contribution is 5.48. The van der Waals surface area contributed by atoms with E-state index in [2.05, 4.69) is 54.5 Å². The number of pyridine rings is 1. The number of nitrogens with zero attached hydrogens (tertiary/aromatic N) is 1. The molecule has 1 aromatic carbocycles. The summed E-state index contributed by atoms with van der Waals surface area (Å²) in [6, 6.07) is 12.9. The van der Waals surface area contributed by atoms with Gasteiger partial charge in [0.2, 0.25) is 0 Å². The van der Waals surface area contributed by atoms with Gasteiger partial charge in [-0.3, -0.25) is 4.98 Å². The van der Waals surface area contributed by atoms with Crippen LogP contribution in [0.15, 0.2) is 36.4 Å². The van der Waals surface area contributed by atoms with E-state index in [4.69, 9.17) is 0 Å². The number of aryl methyl sites for hydroxylation is 2. The van der Waals surface area contributed by atoms with Crippen molar-refractivity contribution in [2.75, 3.05) is 5.32 Å². The van der Waals surface area contributed by atoms with Crippen LogP contribution < -0.4 is 5.32 Å². The van der Waals surface area contributed by atoms with Gasteiger partial charge in [0.15, 0.2) is 0 Å². The van der Waals surface area contributed by atoms with Gasteiger partial charge < -0.3 is 5.32 Å². The van der Waals surface area contributed by atoms with E-state index < -0.39 is 0 Å². The van der Waals surface area contributed by atoms with Crippen molar-refractivity contribution in [3.05, 3.63) is 58.9 Å². The van der Waals surface area contributed by atoms with E-state index in [0.717, 1.165) is 23.6 Å². The molecule has 19 heavy (non-hydrogen) atoms. The van der Waals surface area contributed by atoms with E-state index in [1.807, 2.05) is 19.9 Å². The van der Waals surface area contributed by atoms with Crippen LogP contribution in [0.25, 0.3) is 0 Å². The Morgan fingerprint density at radius 1 is 1.00 bits per heavy atom. The zero-order valence-electron chi connectivity index (χ0n) is 12.2. The first-order valence-electron chi connectivity index (χ1n) is 6.83. The van der Waals surface area contributed by atoms with Crippen LogP contribution in [0, 0.1) is 13.8 Å². The first-order chi connectivity index (χ1) is 9.06. The molecule has 1 N–H and O–H groups in total. The van der Waals surface area contributed by atoms with Crippen molar-refractivity contribution in [3.63, 3.8) is 0 Å². The Bertz CT molecular complexity index is 542. The predicted molar refractivity (Wildman–Crippen MR) is 81.6 cm³/mol. The third kappa shape index (κ3) is 3.57. The van der Waals surface area contributed by atoms with E-state index in [-0.39, 0.29) is 0 Å². The smallest absolute Gasteiger partial charge is 0.0606 e. The topological polar surface area (TPSA) is 24.9 Å². The first kappa shape index (κ1) is 13.6. The molecule has 1 aromatic heterocycles. The Kier molecular flexibility index (Phi) is 4.20. The maximum Gasteiger partial charge on any atom is 0.0606 e. The predicted octanol–water partition coefficient (Wildman–Crippen LogP) is 4.43. The van der Waals surface area contributed by atoms with Crippen molar-refractivity contribution in [2.24, 2.45) is 0 Å². The largest absolute Gasteiger partial charge is 0.380 e. The molecule has 0 saturated carbocycles. The summed E-state index contributed by atoms with van der Waals surface area (Å²) in [7, 11) is 0. The highest BCUT2D eigenvalue weighted by Crippen LogP contribution is 2.17. The molecule has 0 spiro atoms. The standard InChI is InChI=1S/C17H22N2/c1-12(2)16-8-6-15(7-9-16)11-18-17-10-5-13(3)19-14(17)4/h5-10,12,18H,11H2,1-4H3. The molecule has 0 fully saturated rings. The molecule has 2 heteroatoms. The molecule has 0 bridgehead atoms. The molecule has 2 rings (SSSR count). The van der Waals surface area contributed by atoms with Crippen LogP contribution in [-0.4, -0.2) is 4.98 Å². The van der Waals surface area contributed by atoms with Gasteiger partial charge in [0.1, 0.15) is 0 Å². The summed E-state index contributed by atoms with van der Waals surface area (Å²) < 4.78 is 0. The lowest BCUT2D eigenvalue weighted by molar-refractivity contribution is 0.865. The van der Waals surface area contributed by atoms with Gasteiger partial charge in [0.05, 0.1) is 11.4 Å². The number of anilines is 1. The van der Waals surface area contributed by atoms with Crippen molar-refractivity contribution in [1.82, 2.24) is 4.98 Å². The second-order valence-electron chi connectivity index (χ2n) is 5.34. The molecule has 1 heterocycles. The Morgan fingerprint density at radius 3 is 2.26 bits per heavy atom. The van der Waals surface area contributed by atoms with E-state index in [9.17, 15) is 0 Å². The highest BCUT2D eigenvalue weighted by atomic mass is 14.9. The Hall–Kier alpha value is -1.83. The van der Waals surface area contributed by atoms with Gasteiger partial charge >= 0.3 is 0 Å². The minimum absolute atomic E-state index is 0.588. The van der Waals surface area contributed by atoms with Gasteiger partial charge in [-0.1, -0.05) is 38.1 Å². The maximum absolute atomic E-state index is 4.46. The fourth-order valence-corrected chi connectivity index (χ4v) is 2.09. The number of hydrogen-bond acceptors (Lipinski definition) is 2. The molecule has 0 atom stereocenters. The van der Waals surface area contributed by atoms with Gasteiger partial charge in [0.25, 0.3) is 0 Å². The SMILES string of the molecule is Cc1ccc(NCc2ccc(C(C)C)cc2)c(C)n1. The number of benzene rings is 1. The Morgan fingerprint density at radius 2 is 1.68 bits per heavy atom. The monoisotopic (exact) mass is 254 g/mol. The van der Waals surface area contributed by atoms with E-state index in [1.54, 1.807) is 0 Å². The van der Waals surface area contributed by atoms with Crippen LogP contribution in [0.5, 0.6) is 0 Å². The zero-order chi connectivity index (χ0) is 13.8. The summed E-state index contributed by atoms with van der Waals surface area (Å²) in [6.45, 7) is 9.33. The lowest BCUT2D eigenvalue weighted by atomic mass is 10.0. The van der Waals surface area contributed by atoms with Gasteiger partial charge in [-0.25, -0.2) is 0 Å². The average molecular weight is 254 g/mol. The van der Waals surface area contributed by atoms with Gasteiger partial charge in [-0.05, 0) is 43.0 Å². The molecular formula is C17H22N2.